The van der Waals surface area contributed by atoms with Crippen molar-refractivity contribution in [1.29, 1.82) is 10.5 Å². The first-order chi connectivity index (χ1) is 31.1. The number of alkyl halides is 2. The van der Waals surface area contributed by atoms with Gasteiger partial charge in [-0.3, -0.25) is 33.8 Å². The molecular formula is C37H40F2N12O10P2S2. The average molecular weight is 977 g/mol. The van der Waals surface area contributed by atoms with E-state index in [1.807, 2.05) is 12.1 Å². The van der Waals surface area contributed by atoms with Gasteiger partial charge in [-0.25, -0.2) is 28.7 Å². The fourth-order valence-electron chi connectivity index (χ4n) is 7.16. The van der Waals surface area contributed by atoms with Crippen LogP contribution in [0.4, 0.5) is 20.5 Å². The predicted octanol–water partition coefficient (Wildman–Crippen LogP) is 3.50. The van der Waals surface area contributed by atoms with Gasteiger partial charge in [-0.2, -0.15) is 15.5 Å². The van der Waals surface area contributed by atoms with Gasteiger partial charge in [0.15, 0.2) is 65.9 Å². The maximum atomic E-state index is 17.2. The molecule has 2 aliphatic rings. The molecular weight excluding hydrogens is 937 g/mol. The average Bonchev–Trinajstić information content (AvgIpc) is 4.06. The third-order valence-corrected chi connectivity index (χ3v) is 17.0. The van der Waals surface area contributed by atoms with Crippen molar-refractivity contribution in [2.75, 3.05) is 37.1 Å². The summed E-state index contributed by atoms with van der Waals surface area (Å²) in [5.74, 6) is -1.73. The van der Waals surface area contributed by atoms with Gasteiger partial charge < -0.3 is 38.4 Å². The molecule has 65 heavy (non-hydrogen) atoms. The molecule has 7 rings (SSSR count). The van der Waals surface area contributed by atoms with E-state index < -0.39 is 97.8 Å². The number of amides is 2. The number of aliphatic hydroxyl groups is 1. The number of halogens is 2. The zero-order chi connectivity index (χ0) is 46.6. The molecule has 1 aromatic carbocycles. The number of imidazole rings is 2. The zero-order valence-corrected chi connectivity index (χ0v) is 37.6. The Kier molecular flexibility index (Phi) is 14.9. The summed E-state index contributed by atoms with van der Waals surface area (Å²) in [5.41, 5.74) is -4.06. The van der Waals surface area contributed by atoms with E-state index in [0.717, 1.165) is 17.2 Å². The zero-order valence-electron chi connectivity index (χ0n) is 34.2. The molecule has 0 spiro atoms. The Labute approximate surface area is 377 Å². The van der Waals surface area contributed by atoms with Crippen molar-refractivity contribution in [3.8, 4) is 12.1 Å². The summed E-state index contributed by atoms with van der Waals surface area (Å²) >= 11 is 11.4. The third kappa shape index (κ3) is 9.89. The monoisotopic (exact) mass is 976 g/mol. The van der Waals surface area contributed by atoms with Crippen molar-refractivity contribution in [2.24, 2.45) is 5.92 Å². The van der Waals surface area contributed by atoms with Gasteiger partial charge in [0, 0.05) is 11.5 Å². The summed E-state index contributed by atoms with van der Waals surface area (Å²) in [6, 6.07) is 12.0. The van der Waals surface area contributed by atoms with Crippen LogP contribution < -0.4 is 16.2 Å². The number of hydrogen-bond donors (Lipinski definition) is 5. The van der Waals surface area contributed by atoms with Gasteiger partial charge in [-0.05, 0) is 35.7 Å². The molecule has 6 heterocycles. The Morgan fingerprint density at radius 2 is 1.54 bits per heavy atom. The van der Waals surface area contributed by atoms with Gasteiger partial charge >= 0.3 is 0 Å². The molecule has 22 nitrogen and oxygen atoms in total. The second-order valence-corrected chi connectivity index (χ2v) is 22.1. The molecule has 0 aliphatic carbocycles. The van der Waals surface area contributed by atoms with Gasteiger partial charge in [0.1, 0.15) is 6.33 Å². The number of carbonyl (C=O) groups excluding carboxylic acids is 2. The Morgan fingerprint density at radius 1 is 0.908 bits per heavy atom. The molecule has 2 aliphatic heterocycles. The Morgan fingerprint density at radius 3 is 2.20 bits per heavy atom. The van der Waals surface area contributed by atoms with Crippen LogP contribution in [0.1, 0.15) is 49.5 Å². The summed E-state index contributed by atoms with van der Waals surface area (Å²) in [5, 5.41) is 34.2. The predicted molar refractivity (Wildman–Crippen MR) is 233 cm³/mol. The fourth-order valence-corrected chi connectivity index (χ4v) is 13.1. The first-order valence-corrected chi connectivity index (χ1v) is 25.2. The molecule has 4 aromatic heterocycles. The summed E-state index contributed by atoms with van der Waals surface area (Å²) in [6.45, 7) is -7.43. The van der Waals surface area contributed by atoms with E-state index in [9.17, 15) is 29.6 Å². The summed E-state index contributed by atoms with van der Waals surface area (Å²) in [7, 11) is 0. The van der Waals surface area contributed by atoms with Crippen LogP contribution in [0.15, 0.2) is 54.1 Å². The lowest BCUT2D eigenvalue weighted by atomic mass is 10.2. The van der Waals surface area contributed by atoms with Gasteiger partial charge in [0.25, 0.3) is 11.5 Å². The number of aliphatic hydroxyl groups excluding tert-OH is 1. The third-order valence-electron chi connectivity index (χ3n) is 10.3. The molecule has 2 saturated heterocycles. The lowest BCUT2D eigenvalue weighted by Gasteiger charge is -2.33. The minimum Gasteiger partial charge on any atom is -0.394 e. The lowest BCUT2D eigenvalue weighted by Crippen LogP contribution is -2.36. The minimum absolute atomic E-state index is 0.0147. The van der Waals surface area contributed by atoms with Gasteiger partial charge in [-0.15, -0.1) is 0 Å². The molecule has 2 amide bonds. The summed E-state index contributed by atoms with van der Waals surface area (Å²) in [4.78, 5) is 73.4. The van der Waals surface area contributed by atoms with E-state index in [-0.39, 0.29) is 60.1 Å². The SMILES string of the molecule is CC(C)C(=O)Nc1nc2c(ncn2C2OC(COP(=S)(OCCC#N)[C@@H]3C(CO)OC(n4cnc5c(NC(=O)c6ccccc6)ncnc54)[C@@H]3F)[C@@H](P(O)(=S)OCCC#N)[C@H]2F)c(=O)[nH]1. The number of nitrogens with one attached hydrogen (secondary N) is 3. The number of nitriles is 2. The molecule has 344 valence electrons. The summed E-state index contributed by atoms with van der Waals surface area (Å²) in [6.07, 6.45) is -7.62. The van der Waals surface area contributed by atoms with Crippen LogP contribution in [0.3, 0.4) is 0 Å². The number of carbonyl (C=O) groups is 2. The molecule has 5 N–H and O–H groups in total. The lowest BCUT2D eigenvalue weighted by molar-refractivity contribution is -0.118. The first-order valence-electron chi connectivity index (χ1n) is 19.7. The molecule has 5 aromatic rings. The number of nitrogens with zero attached hydrogens (tertiary/aromatic N) is 9. The maximum absolute atomic E-state index is 17.2. The van der Waals surface area contributed by atoms with Crippen molar-refractivity contribution < 1.29 is 51.4 Å². The van der Waals surface area contributed by atoms with E-state index in [0.29, 0.717) is 5.56 Å². The van der Waals surface area contributed by atoms with Crippen LogP contribution in [-0.2, 0) is 51.5 Å². The quantitative estimate of drug-likeness (QED) is 0.0620. The number of aromatic nitrogens is 8. The van der Waals surface area contributed by atoms with Crippen LogP contribution >= 0.6 is 13.0 Å². The fraction of sp³-hybridized carbons (Fsp3) is 0.459. The van der Waals surface area contributed by atoms with E-state index in [1.54, 1.807) is 44.2 Å². The highest BCUT2D eigenvalue weighted by molar-refractivity contribution is 8.10. The van der Waals surface area contributed by atoms with Crippen LogP contribution in [0.2, 0.25) is 0 Å². The number of rotatable bonds is 18. The number of fused-ring (bicyclic) bond motifs is 2. The molecule has 2 fully saturated rings. The van der Waals surface area contributed by atoms with E-state index >= 15 is 8.78 Å². The number of H-pyrrole nitrogens is 1. The van der Waals surface area contributed by atoms with Crippen molar-refractivity contribution in [3.63, 3.8) is 0 Å². The van der Waals surface area contributed by atoms with Gasteiger partial charge in [0.2, 0.25) is 11.9 Å². The second-order valence-electron chi connectivity index (χ2n) is 14.8. The smallest absolute Gasteiger partial charge is 0.280 e. The van der Waals surface area contributed by atoms with E-state index in [4.69, 9.17) is 51.9 Å². The molecule has 28 heteroatoms. The highest BCUT2D eigenvalue weighted by Gasteiger charge is 2.57. The topological polar surface area (TPSA) is 300 Å². The van der Waals surface area contributed by atoms with E-state index in [2.05, 4.69) is 40.5 Å². The Hall–Kier alpha value is -5.08. The minimum atomic E-state index is -4.26. The van der Waals surface area contributed by atoms with Crippen molar-refractivity contribution in [2.45, 2.75) is 75.0 Å². The second kappa shape index (κ2) is 20.2. The maximum Gasteiger partial charge on any atom is 0.280 e. The summed E-state index contributed by atoms with van der Waals surface area (Å²) < 4.78 is 66.4. The first kappa shape index (κ1) is 47.9. The number of aromatic amines is 1. The van der Waals surface area contributed by atoms with Crippen LogP contribution in [0.5, 0.6) is 0 Å². The highest BCUT2D eigenvalue weighted by Crippen LogP contribution is 2.63. The molecule has 6 unspecified atom stereocenters. The number of anilines is 2. The highest BCUT2D eigenvalue weighted by atomic mass is 32.5. The van der Waals surface area contributed by atoms with Gasteiger partial charge in [-0.1, -0.05) is 32.0 Å². The largest absolute Gasteiger partial charge is 0.394 e. The standard InChI is InChI=1S/C37H40F2N12O10P2S2/c1-19(2)32(53)48-37-47-31-26(34(55)49-37)45-18-51(31)35-23(38)27(62(56,64)57-12-6-10-40)22(61-35)15-59-63(65,58-13-7-11-41)28-21(14-52)60-36(24(28)39)50-17-44-25-29(42-16-43-30(25)50)46-33(54)20-8-4-3-5-9-20/h3-5,8-9,16-19,21-24,27-28,35-36,52H,6-7,12-15H2,1-2H3,(H,56,64)(H,42,43,46,54)(H2,47,48,49,53,55)/t21?,22?,23-,24-,27-,28-,35?,36?,62?,63?/m1/s1. The number of ether oxygens (including phenoxy) is 2. The molecule has 0 saturated carbocycles. The Bertz CT molecular complexity index is 2810. The van der Waals surface area contributed by atoms with Crippen LogP contribution in [0.25, 0.3) is 22.3 Å². The van der Waals surface area contributed by atoms with Crippen molar-refractivity contribution in [3.05, 3.63) is 65.2 Å². The molecule has 10 atom stereocenters. The Balaban J connectivity index is 1.19. The molecule has 0 radical (unpaired) electrons. The number of hydrogen-bond acceptors (Lipinski definition) is 18. The molecule has 0 bridgehead atoms. The van der Waals surface area contributed by atoms with Crippen molar-refractivity contribution >= 4 is 82.5 Å². The van der Waals surface area contributed by atoms with Crippen LogP contribution in [-0.4, -0.2) is 123 Å². The van der Waals surface area contributed by atoms with Gasteiger partial charge in [0.05, 0.1) is 87.6 Å². The van der Waals surface area contributed by atoms with E-state index in [1.165, 1.54) is 10.9 Å². The van der Waals surface area contributed by atoms with Crippen LogP contribution in [0, 0.1) is 28.6 Å². The number of benzene rings is 1. The van der Waals surface area contributed by atoms with Crippen molar-refractivity contribution in [1.82, 2.24) is 39.0 Å². The normalized spacial score (nSPS) is 24.9.